The first-order chi connectivity index (χ1) is 9.70. The number of nitrogens with zero attached hydrogens (tertiary/aromatic N) is 1. The zero-order valence-corrected chi connectivity index (χ0v) is 12.1. The minimum Gasteiger partial charge on any atom is -0.508 e. The van der Waals surface area contributed by atoms with Crippen LogP contribution in [0.1, 0.15) is 31.2 Å². The largest absolute Gasteiger partial charge is 0.508 e. The molecular formula is C15H19N3OS. The monoisotopic (exact) mass is 289 g/mol. The van der Waals surface area contributed by atoms with Gasteiger partial charge in [-0.15, -0.1) is 0 Å². The summed E-state index contributed by atoms with van der Waals surface area (Å²) < 4.78 is 0. The Morgan fingerprint density at radius 1 is 1.25 bits per heavy atom. The highest BCUT2D eigenvalue weighted by atomic mass is 32.1. The summed E-state index contributed by atoms with van der Waals surface area (Å²) in [5, 5.41) is 17.3. The Hall–Kier alpha value is -1.62. The number of hydrogen-bond acceptors (Lipinski definition) is 3. The Kier molecular flexibility index (Phi) is 3.87. The van der Waals surface area contributed by atoms with Gasteiger partial charge in [0.2, 0.25) is 0 Å². The number of hydrazone groups is 1. The second-order valence-corrected chi connectivity index (χ2v) is 6.12. The molecular weight excluding hydrogens is 270 g/mol. The van der Waals surface area contributed by atoms with Gasteiger partial charge < -0.3 is 10.4 Å². The third kappa shape index (κ3) is 3.10. The van der Waals surface area contributed by atoms with Gasteiger partial charge in [-0.3, -0.25) is 5.43 Å². The number of phenols is 1. The number of thiocarbonyl (C=S) groups is 1. The highest BCUT2D eigenvalue weighted by Crippen LogP contribution is 2.44. The number of phenolic OH excluding ortho intramolecular Hbond substituents is 1. The maximum atomic E-state index is 9.19. The number of aromatic hydroxyl groups is 1. The molecule has 2 saturated carbocycles. The molecule has 1 aromatic carbocycles. The van der Waals surface area contributed by atoms with Crippen molar-refractivity contribution in [3.8, 4) is 5.75 Å². The summed E-state index contributed by atoms with van der Waals surface area (Å²) >= 11 is 5.27. The van der Waals surface area contributed by atoms with Crippen LogP contribution in [0.3, 0.4) is 0 Å². The number of benzene rings is 1. The number of hydrogen-bond donors (Lipinski definition) is 3. The Morgan fingerprint density at radius 3 is 2.70 bits per heavy atom. The molecule has 4 nitrogen and oxygen atoms in total. The number of rotatable bonds is 3. The van der Waals surface area contributed by atoms with Crippen LogP contribution in [0.4, 0.5) is 0 Å². The standard InChI is InChI=1S/C15H19N3OS/c19-13-5-2-10(3-6-13)9-16-18-15(20)17-14-8-11-1-4-12(14)7-11/h2-3,5-6,9,11-12,14,19H,1,4,7-8H2,(H2,17,18,20)/b16-9-/t11-,12+,14+/m0/s1. The fourth-order valence-corrected chi connectivity index (χ4v) is 3.55. The van der Waals surface area contributed by atoms with Crippen LogP contribution >= 0.6 is 12.2 Å². The van der Waals surface area contributed by atoms with E-state index in [0.29, 0.717) is 11.2 Å². The second-order valence-electron chi connectivity index (χ2n) is 5.72. The first-order valence-electron chi connectivity index (χ1n) is 7.09. The summed E-state index contributed by atoms with van der Waals surface area (Å²) in [6.45, 7) is 0. The van der Waals surface area contributed by atoms with Crippen LogP contribution < -0.4 is 10.7 Å². The van der Waals surface area contributed by atoms with Crippen LogP contribution in [0.5, 0.6) is 5.75 Å². The lowest BCUT2D eigenvalue weighted by molar-refractivity contribution is 0.389. The summed E-state index contributed by atoms with van der Waals surface area (Å²) in [5.41, 5.74) is 3.77. The molecule has 20 heavy (non-hydrogen) atoms. The van der Waals surface area contributed by atoms with Crippen molar-refractivity contribution in [1.29, 1.82) is 0 Å². The normalized spacial score (nSPS) is 27.9. The van der Waals surface area contributed by atoms with Crippen LogP contribution in [-0.4, -0.2) is 22.5 Å². The van der Waals surface area contributed by atoms with E-state index in [1.54, 1.807) is 30.5 Å². The molecule has 106 valence electrons. The summed E-state index contributed by atoms with van der Waals surface area (Å²) in [5.74, 6) is 1.95. The van der Waals surface area contributed by atoms with Crippen molar-refractivity contribution in [1.82, 2.24) is 10.7 Å². The van der Waals surface area contributed by atoms with Gasteiger partial charge in [-0.25, -0.2) is 0 Å². The Labute approximate surface area is 124 Å². The summed E-state index contributed by atoms with van der Waals surface area (Å²) in [6.07, 6.45) is 7.02. The summed E-state index contributed by atoms with van der Waals surface area (Å²) in [6, 6.07) is 7.39. The number of nitrogens with one attached hydrogen (secondary N) is 2. The molecule has 0 aromatic heterocycles. The van der Waals surface area contributed by atoms with Gasteiger partial charge >= 0.3 is 0 Å². The van der Waals surface area contributed by atoms with E-state index in [2.05, 4.69) is 15.8 Å². The molecule has 2 aliphatic carbocycles. The molecule has 2 aliphatic rings. The van der Waals surface area contributed by atoms with Crippen molar-refractivity contribution in [3.63, 3.8) is 0 Å². The summed E-state index contributed by atoms with van der Waals surface area (Å²) in [4.78, 5) is 0. The van der Waals surface area contributed by atoms with Gasteiger partial charge in [0.1, 0.15) is 5.75 Å². The van der Waals surface area contributed by atoms with Crippen LogP contribution in [0.25, 0.3) is 0 Å². The van der Waals surface area contributed by atoms with E-state index < -0.39 is 0 Å². The maximum Gasteiger partial charge on any atom is 0.187 e. The molecule has 0 amide bonds. The van der Waals surface area contributed by atoms with E-state index in [1.807, 2.05) is 0 Å². The molecule has 2 bridgehead atoms. The fourth-order valence-electron chi connectivity index (χ4n) is 3.35. The minimum absolute atomic E-state index is 0.253. The molecule has 0 radical (unpaired) electrons. The molecule has 0 unspecified atom stereocenters. The van der Waals surface area contributed by atoms with Crippen LogP contribution in [0.2, 0.25) is 0 Å². The molecule has 3 rings (SSSR count). The van der Waals surface area contributed by atoms with E-state index in [0.717, 1.165) is 17.4 Å². The lowest BCUT2D eigenvalue weighted by atomic mass is 9.96. The van der Waals surface area contributed by atoms with Crippen LogP contribution in [-0.2, 0) is 0 Å². The topological polar surface area (TPSA) is 56.7 Å². The third-order valence-corrected chi connectivity index (χ3v) is 4.54. The zero-order chi connectivity index (χ0) is 13.9. The van der Waals surface area contributed by atoms with Gasteiger partial charge in [0.05, 0.1) is 6.21 Å². The first-order valence-corrected chi connectivity index (χ1v) is 7.50. The molecule has 0 aliphatic heterocycles. The van der Waals surface area contributed by atoms with Crippen molar-refractivity contribution in [2.75, 3.05) is 0 Å². The fraction of sp³-hybridized carbons (Fsp3) is 0.467. The van der Waals surface area contributed by atoms with Gasteiger partial charge in [0.15, 0.2) is 5.11 Å². The van der Waals surface area contributed by atoms with E-state index in [9.17, 15) is 5.11 Å². The molecule has 0 saturated heterocycles. The predicted molar refractivity (Wildman–Crippen MR) is 83.8 cm³/mol. The first kappa shape index (κ1) is 13.4. The van der Waals surface area contributed by atoms with Gasteiger partial charge in [-0.2, -0.15) is 5.10 Å². The van der Waals surface area contributed by atoms with Gasteiger partial charge in [-0.05, 0) is 73.1 Å². The minimum atomic E-state index is 0.253. The molecule has 1 aromatic rings. The molecule has 0 heterocycles. The van der Waals surface area contributed by atoms with Crippen molar-refractivity contribution in [3.05, 3.63) is 29.8 Å². The van der Waals surface area contributed by atoms with Crippen molar-refractivity contribution in [2.45, 2.75) is 31.7 Å². The Bertz CT molecular complexity index is 514. The lowest BCUT2D eigenvalue weighted by Gasteiger charge is -2.23. The van der Waals surface area contributed by atoms with Gasteiger partial charge in [0.25, 0.3) is 0 Å². The highest BCUT2D eigenvalue weighted by Gasteiger charge is 2.39. The van der Waals surface area contributed by atoms with E-state index in [1.165, 1.54) is 25.7 Å². The highest BCUT2D eigenvalue weighted by molar-refractivity contribution is 7.80. The van der Waals surface area contributed by atoms with Crippen molar-refractivity contribution < 1.29 is 5.11 Å². The Morgan fingerprint density at radius 2 is 2.05 bits per heavy atom. The second kappa shape index (κ2) is 5.79. The Balaban J connectivity index is 1.46. The van der Waals surface area contributed by atoms with E-state index >= 15 is 0 Å². The molecule has 3 atom stereocenters. The summed E-state index contributed by atoms with van der Waals surface area (Å²) in [7, 11) is 0. The maximum absolute atomic E-state index is 9.19. The van der Waals surface area contributed by atoms with Crippen LogP contribution in [0.15, 0.2) is 29.4 Å². The molecule has 3 N–H and O–H groups in total. The molecule has 2 fully saturated rings. The lowest BCUT2D eigenvalue weighted by Crippen LogP contribution is -2.42. The van der Waals surface area contributed by atoms with Gasteiger partial charge in [-0.1, -0.05) is 6.42 Å². The quantitative estimate of drug-likeness (QED) is 0.454. The average molecular weight is 289 g/mol. The molecule has 0 spiro atoms. The van der Waals surface area contributed by atoms with E-state index in [4.69, 9.17) is 12.2 Å². The number of fused-ring (bicyclic) bond motifs is 2. The SMILES string of the molecule is Oc1ccc(/C=N\NC(=S)N[C@@H]2C[C@H]3CC[C@@H]2C3)cc1. The zero-order valence-electron chi connectivity index (χ0n) is 11.2. The average Bonchev–Trinajstić information content (AvgIpc) is 3.03. The van der Waals surface area contributed by atoms with E-state index in [-0.39, 0.29) is 5.75 Å². The predicted octanol–water partition coefficient (Wildman–Crippen LogP) is 2.38. The third-order valence-electron chi connectivity index (χ3n) is 4.33. The van der Waals surface area contributed by atoms with Crippen molar-refractivity contribution >= 4 is 23.5 Å². The van der Waals surface area contributed by atoms with Crippen molar-refractivity contribution in [2.24, 2.45) is 16.9 Å². The van der Waals surface area contributed by atoms with Gasteiger partial charge in [0, 0.05) is 6.04 Å². The van der Waals surface area contributed by atoms with Crippen LogP contribution in [0, 0.1) is 11.8 Å². The smallest absolute Gasteiger partial charge is 0.187 e. The molecule has 5 heteroatoms.